The summed E-state index contributed by atoms with van der Waals surface area (Å²) in [5.74, 6) is 1.17. The molecule has 0 aliphatic carbocycles. The van der Waals surface area contributed by atoms with Crippen LogP contribution in [0.15, 0.2) is 30.3 Å². The highest BCUT2D eigenvalue weighted by atomic mass is 35.5. The lowest BCUT2D eigenvalue weighted by Gasteiger charge is -2.13. The standard InChI is InChI=1S/C19H22ClNO3/c1-12-5-6-14(10-15(12)20)7-8-19(22)21-16-11-18(24-4)17(23-3)9-13(16)2/h5-6,9-11H,7-8H2,1-4H3,(H,21,22). The summed E-state index contributed by atoms with van der Waals surface area (Å²) in [5.41, 5.74) is 3.72. The Morgan fingerprint density at radius 2 is 1.71 bits per heavy atom. The number of hydrogen-bond acceptors (Lipinski definition) is 3. The predicted octanol–water partition coefficient (Wildman–Crippen LogP) is 4.55. The monoisotopic (exact) mass is 347 g/mol. The highest BCUT2D eigenvalue weighted by Gasteiger charge is 2.11. The molecule has 0 saturated heterocycles. The van der Waals surface area contributed by atoms with Crippen LogP contribution in [0.3, 0.4) is 0 Å². The quantitative estimate of drug-likeness (QED) is 0.834. The van der Waals surface area contributed by atoms with E-state index in [1.807, 2.05) is 38.1 Å². The van der Waals surface area contributed by atoms with E-state index in [1.165, 1.54) is 0 Å². The van der Waals surface area contributed by atoms with Crippen LogP contribution < -0.4 is 14.8 Å². The molecule has 24 heavy (non-hydrogen) atoms. The molecule has 2 rings (SSSR count). The van der Waals surface area contributed by atoms with E-state index in [2.05, 4.69) is 5.32 Å². The zero-order valence-corrected chi connectivity index (χ0v) is 15.2. The third-order valence-electron chi connectivity index (χ3n) is 3.88. The lowest BCUT2D eigenvalue weighted by molar-refractivity contribution is -0.116. The van der Waals surface area contributed by atoms with Crippen molar-refractivity contribution >= 4 is 23.2 Å². The summed E-state index contributed by atoms with van der Waals surface area (Å²) in [6, 6.07) is 9.49. The third kappa shape index (κ3) is 4.42. The molecule has 0 aromatic heterocycles. The van der Waals surface area contributed by atoms with Crippen LogP contribution in [0.25, 0.3) is 0 Å². The van der Waals surface area contributed by atoms with Crippen molar-refractivity contribution in [2.75, 3.05) is 19.5 Å². The zero-order chi connectivity index (χ0) is 17.7. The van der Waals surface area contributed by atoms with Crippen LogP contribution in [0.1, 0.15) is 23.1 Å². The largest absolute Gasteiger partial charge is 0.493 e. The summed E-state index contributed by atoms with van der Waals surface area (Å²) in [7, 11) is 3.15. The molecule has 0 atom stereocenters. The minimum absolute atomic E-state index is 0.0537. The Morgan fingerprint density at radius 3 is 2.33 bits per heavy atom. The first kappa shape index (κ1) is 18.1. The van der Waals surface area contributed by atoms with Crippen LogP contribution in [-0.4, -0.2) is 20.1 Å². The van der Waals surface area contributed by atoms with Gasteiger partial charge in [-0.05, 0) is 49.1 Å². The van der Waals surface area contributed by atoms with Crippen molar-refractivity contribution in [1.29, 1.82) is 0 Å². The molecule has 0 radical (unpaired) electrons. The molecule has 2 aromatic carbocycles. The number of aryl methyl sites for hydroxylation is 3. The van der Waals surface area contributed by atoms with Crippen LogP contribution in [0.4, 0.5) is 5.69 Å². The molecule has 1 amide bonds. The molecule has 1 N–H and O–H groups in total. The van der Waals surface area contributed by atoms with E-state index in [1.54, 1.807) is 20.3 Å². The molecule has 5 heteroatoms. The molecule has 0 saturated carbocycles. The second-order valence-electron chi connectivity index (χ2n) is 5.65. The third-order valence-corrected chi connectivity index (χ3v) is 4.29. The number of rotatable bonds is 6. The second kappa shape index (κ2) is 8.06. The fourth-order valence-corrected chi connectivity index (χ4v) is 2.58. The number of anilines is 1. The van der Waals surface area contributed by atoms with Gasteiger partial charge in [0.25, 0.3) is 0 Å². The maximum absolute atomic E-state index is 12.2. The maximum Gasteiger partial charge on any atom is 0.224 e. The van der Waals surface area contributed by atoms with Crippen molar-refractivity contribution in [3.05, 3.63) is 52.0 Å². The molecule has 0 spiro atoms. The summed E-state index contributed by atoms with van der Waals surface area (Å²) in [4.78, 5) is 12.2. The molecule has 0 bridgehead atoms. The van der Waals surface area contributed by atoms with Crippen molar-refractivity contribution < 1.29 is 14.3 Å². The van der Waals surface area contributed by atoms with Gasteiger partial charge in [-0.25, -0.2) is 0 Å². The molecule has 0 unspecified atom stereocenters. The van der Waals surface area contributed by atoms with Crippen LogP contribution in [0.2, 0.25) is 5.02 Å². The van der Waals surface area contributed by atoms with Crippen molar-refractivity contribution in [1.82, 2.24) is 0 Å². The number of benzene rings is 2. The number of carbonyl (C=O) groups is 1. The average Bonchev–Trinajstić information content (AvgIpc) is 2.57. The first-order chi connectivity index (χ1) is 11.4. The fourth-order valence-electron chi connectivity index (χ4n) is 2.38. The number of amides is 1. The molecule has 128 valence electrons. The van der Waals surface area contributed by atoms with E-state index in [9.17, 15) is 4.79 Å². The van der Waals surface area contributed by atoms with Crippen LogP contribution in [-0.2, 0) is 11.2 Å². The molecular formula is C19H22ClNO3. The fraction of sp³-hybridized carbons (Fsp3) is 0.316. The van der Waals surface area contributed by atoms with E-state index in [0.29, 0.717) is 24.3 Å². The Balaban J connectivity index is 2.03. The molecule has 4 nitrogen and oxygen atoms in total. The summed E-state index contributed by atoms with van der Waals surface area (Å²) in [6.07, 6.45) is 1.02. The minimum atomic E-state index is -0.0537. The Hall–Kier alpha value is -2.20. The van der Waals surface area contributed by atoms with Crippen molar-refractivity contribution in [3.63, 3.8) is 0 Å². The maximum atomic E-state index is 12.2. The summed E-state index contributed by atoms with van der Waals surface area (Å²) in [5, 5.41) is 3.65. The van der Waals surface area contributed by atoms with E-state index in [4.69, 9.17) is 21.1 Å². The van der Waals surface area contributed by atoms with Crippen molar-refractivity contribution in [3.8, 4) is 11.5 Å². The Morgan fingerprint density at radius 1 is 1.04 bits per heavy atom. The van der Waals surface area contributed by atoms with E-state index < -0.39 is 0 Å². The molecule has 0 aliphatic rings. The van der Waals surface area contributed by atoms with Gasteiger partial charge in [-0.2, -0.15) is 0 Å². The number of hydrogen-bond donors (Lipinski definition) is 1. The highest BCUT2D eigenvalue weighted by molar-refractivity contribution is 6.31. The van der Waals surface area contributed by atoms with Crippen molar-refractivity contribution in [2.24, 2.45) is 0 Å². The first-order valence-electron chi connectivity index (χ1n) is 7.72. The normalized spacial score (nSPS) is 10.4. The molecule has 2 aromatic rings. The zero-order valence-electron chi connectivity index (χ0n) is 14.4. The summed E-state index contributed by atoms with van der Waals surface area (Å²) in [6.45, 7) is 3.87. The Kier molecular flexibility index (Phi) is 6.10. The topological polar surface area (TPSA) is 47.6 Å². The number of methoxy groups -OCH3 is 2. The smallest absolute Gasteiger partial charge is 0.224 e. The van der Waals surface area contributed by atoms with Gasteiger partial charge < -0.3 is 14.8 Å². The Bertz CT molecular complexity index is 744. The van der Waals surface area contributed by atoms with E-state index in [-0.39, 0.29) is 5.91 Å². The summed E-state index contributed by atoms with van der Waals surface area (Å²) >= 11 is 6.12. The SMILES string of the molecule is COc1cc(C)c(NC(=O)CCc2ccc(C)c(Cl)c2)cc1OC. The van der Waals surface area contributed by atoms with Crippen molar-refractivity contribution in [2.45, 2.75) is 26.7 Å². The first-order valence-corrected chi connectivity index (χ1v) is 8.10. The number of carbonyl (C=O) groups excluding carboxylic acids is 1. The average molecular weight is 348 g/mol. The van der Waals surface area contributed by atoms with Gasteiger partial charge in [0.05, 0.1) is 14.2 Å². The molecular weight excluding hydrogens is 326 g/mol. The van der Waals surface area contributed by atoms with E-state index in [0.717, 1.165) is 27.4 Å². The van der Waals surface area contributed by atoms with Gasteiger partial charge >= 0.3 is 0 Å². The lowest BCUT2D eigenvalue weighted by atomic mass is 10.1. The molecule has 0 heterocycles. The van der Waals surface area contributed by atoms with Gasteiger partial charge in [0.15, 0.2) is 11.5 Å². The van der Waals surface area contributed by atoms with Gasteiger partial charge in [0, 0.05) is 23.2 Å². The van der Waals surface area contributed by atoms with Gasteiger partial charge in [-0.15, -0.1) is 0 Å². The second-order valence-corrected chi connectivity index (χ2v) is 6.06. The lowest BCUT2D eigenvalue weighted by Crippen LogP contribution is -2.13. The summed E-state index contributed by atoms with van der Waals surface area (Å²) < 4.78 is 10.5. The van der Waals surface area contributed by atoms with Crippen LogP contribution in [0, 0.1) is 13.8 Å². The highest BCUT2D eigenvalue weighted by Crippen LogP contribution is 2.33. The van der Waals surface area contributed by atoms with E-state index >= 15 is 0 Å². The molecule has 0 aliphatic heterocycles. The van der Waals surface area contributed by atoms with Gasteiger partial charge in [0.2, 0.25) is 5.91 Å². The number of halogens is 1. The van der Waals surface area contributed by atoms with Gasteiger partial charge in [-0.3, -0.25) is 4.79 Å². The van der Waals surface area contributed by atoms with Gasteiger partial charge in [-0.1, -0.05) is 23.7 Å². The van der Waals surface area contributed by atoms with Crippen LogP contribution >= 0.6 is 11.6 Å². The molecule has 0 fully saturated rings. The van der Waals surface area contributed by atoms with Gasteiger partial charge in [0.1, 0.15) is 0 Å². The van der Waals surface area contributed by atoms with Crippen LogP contribution in [0.5, 0.6) is 11.5 Å². The Labute approximate surface area is 147 Å². The predicted molar refractivity (Wildman–Crippen MR) is 97.4 cm³/mol. The number of nitrogens with one attached hydrogen (secondary N) is 1. The minimum Gasteiger partial charge on any atom is -0.493 e. The number of ether oxygens (including phenoxy) is 2.